The van der Waals surface area contributed by atoms with Crippen LogP contribution in [0.15, 0.2) is 35.7 Å². The summed E-state index contributed by atoms with van der Waals surface area (Å²) in [5, 5.41) is 1.89. The van der Waals surface area contributed by atoms with Crippen molar-refractivity contribution >= 4 is 38.6 Å². The first kappa shape index (κ1) is 17.0. The summed E-state index contributed by atoms with van der Waals surface area (Å²) in [5.74, 6) is 0.109. The lowest BCUT2D eigenvalue weighted by Gasteiger charge is -2.29. The summed E-state index contributed by atoms with van der Waals surface area (Å²) < 4.78 is 26.5. The van der Waals surface area contributed by atoms with Crippen molar-refractivity contribution in [3.05, 3.63) is 46.2 Å². The van der Waals surface area contributed by atoms with Gasteiger partial charge in [-0.3, -0.25) is 9.52 Å². The molecule has 0 unspecified atom stereocenters. The summed E-state index contributed by atoms with van der Waals surface area (Å²) in [5.41, 5.74) is 2.44. The van der Waals surface area contributed by atoms with E-state index < -0.39 is 10.0 Å². The number of aryl methyl sites for hydroxylation is 1. The molecule has 24 heavy (non-hydrogen) atoms. The molecule has 0 saturated heterocycles. The van der Waals surface area contributed by atoms with E-state index in [0.29, 0.717) is 18.7 Å². The molecule has 3 rings (SSSR count). The number of thiophene rings is 1. The molecule has 0 spiro atoms. The smallest absolute Gasteiger partial charge is 0.268 e. The molecule has 0 aliphatic carbocycles. The maximum atomic E-state index is 12.6. The normalized spacial score (nSPS) is 14.3. The lowest BCUT2D eigenvalue weighted by Crippen LogP contribution is -2.35. The Labute approximate surface area is 146 Å². The van der Waals surface area contributed by atoms with E-state index in [9.17, 15) is 13.2 Å². The van der Waals surface area contributed by atoms with Crippen LogP contribution >= 0.6 is 11.3 Å². The van der Waals surface area contributed by atoms with E-state index in [4.69, 9.17) is 0 Å². The number of nitrogens with one attached hydrogen (secondary N) is 1. The summed E-state index contributed by atoms with van der Waals surface area (Å²) in [6.07, 6.45) is 2.28. The lowest BCUT2D eigenvalue weighted by molar-refractivity contribution is 0.0989. The molecule has 5 nitrogen and oxygen atoms in total. The van der Waals surface area contributed by atoms with Crippen molar-refractivity contribution in [2.24, 2.45) is 0 Å². The van der Waals surface area contributed by atoms with Crippen molar-refractivity contribution in [2.45, 2.75) is 26.2 Å². The summed E-state index contributed by atoms with van der Waals surface area (Å²) in [7, 11) is -3.31. The van der Waals surface area contributed by atoms with Crippen LogP contribution in [0, 0.1) is 0 Å². The highest BCUT2D eigenvalue weighted by Crippen LogP contribution is 2.31. The number of benzene rings is 1. The number of sulfonamides is 1. The largest absolute Gasteiger partial charge is 0.307 e. The van der Waals surface area contributed by atoms with Gasteiger partial charge in [0.1, 0.15) is 0 Å². The molecule has 0 radical (unpaired) electrons. The zero-order valence-electron chi connectivity index (χ0n) is 13.5. The average Bonchev–Trinajstić information content (AvgIpc) is 3.07. The Morgan fingerprint density at radius 1 is 1.33 bits per heavy atom. The Morgan fingerprint density at radius 3 is 2.88 bits per heavy atom. The van der Waals surface area contributed by atoms with E-state index in [2.05, 4.69) is 4.72 Å². The second-order valence-corrected chi connectivity index (χ2v) is 8.59. The first-order chi connectivity index (χ1) is 11.5. The molecule has 0 atom stereocenters. The second kappa shape index (κ2) is 6.94. The van der Waals surface area contributed by atoms with Crippen molar-refractivity contribution in [1.29, 1.82) is 0 Å². The van der Waals surface area contributed by atoms with Crippen molar-refractivity contribution in [2.75, 3.05) is 21.9 Å². The van der Waals surface area contributed by atoms with Crippen LogP contribution in [0.5, 0.6) is 0 Å². The minimum Gasteiger partial charge on any atom is -0.307 e. The highest BCUT2D eigenvalue weighted by molar-refractivity contribution is 7.92. The van der Waals surface area contributed by atoms with Crippen LogP contribution in [-0.4, -0.2) is 26.6 Å². The average molecular weight is 364 g/mol. The van der Waals surface area contributed by atoms with Gasteiger partial charge in [0.25, 0.3) is 5.91 Å². The number of hydrogen-bond donors (Lipinski definition) is 1. The van der Waals surface area contributed by atoms with Gasteiger partial charge in [-0.1, -0.05) is 13.0 Å². The maximum Gasteiger partial charge on any atom is 0.268 e. The van der Waals surface area contributed by atoms with Crippen LogP contribution < -0.4 is 9.62 Å². The molecule has 2 heterocycles. The van der Waals surface area contributed by atoms with E-state index in [1.165, 1.54) is 11.3 Å². The molecule has 1 aromatic heterocycles. The Bertz CT molecular complexity index is 830. The lowest BCUT2D eigenvalue weighted by atomic mass is 10.0. The van der Waals surface area contributed by atoms with Gasteiger partial charge < -0.3 is 4.90 Å². The van der Waals surface area contributed by atoms with Crippen molar-refractivity contribution in [3.8, 4) is 0 Å². The third-order valence-corrected chi connectivity index (χ3v) is 6.27. The topological polar surface area (TPSA) is 66.5 Å². The van der Waals surface area contributed by atoms with E-state index >= 15 is 0 Å². The molecule has 1 N–H and O–H groups in total. The van der Waals surface area contributed by atoms with Gasteiger partial charge in [-0.15, -0.1) is 11.3 Å². The standard InChI is InChI=1S/C17H20N2O3S2/c1-2-11-24(21,22)18-14-7-8-15-13(12-14)5-3-9-19(15)17(20)16-6-4-10-23-16/h4,6-8,10,12,18H,2-3,5,9,11H2,1H3. The van der Waals surface area contributed by atoms with E-state index in [-0.39, 0.29) is 11.7 Å². The van der Waals surface area contributed by atoms with Gasteiger partial charge in [0, 0.05) is 17.9 Å². The summed E-state index contributed by atoms with van der Waals surface area (Å²) in [6.45, 7) is 2.52. The molecule has 2 aromatic rings. The first-order valence-corrected chi connectivity index (χ1v) is 10.5. The Balaban J connectivity index is 1.86. The minimum absolute atomic E-state index is 0.00487. The van der Waals surface area contributed by atoms with Crippen molar-refractivity contribution < 1.29 is 13.2 Å². The van der Waals surface area contributed by atoms with Crippen molar-refractivity contribution in [3.63, 3.8) is 0 Å². The van der Waals surface area contributed by atoms with Gasteiger partial charge in [-0.2, -0.15) is 0 Å². The highest BCUT2D eigenvalue weighted by atomic mass is 32.2. The van der Waals surface area contributed by atoms with Crippen LogP contribution in [0.1, 0.15) is 35.0 Å². The number of carbonyl (C=O) groups is 1. The summed E-state index contributed by atoms with van der Waals surface area (Å²) in [4.78, 5) is 15.2. The van der Waals surface area contributed by atoms with Gasteiger partial charge in [-0.25, -0.2) is 8.42 Å². The number of fused-ring (bicyclic) bond motifs is 1. The number of amides is 1. The number of rotatable bonds is 5. The van der Waals surface area contributed by atoms with Gasteiger partial charge >= 0.3 is 0 Å². The molecular formula is C17H20N2O3S2. The summed E-state index contributed by atoms with van der Waals surface area (Å²) in [6, 6.07) is 9.11. The van der Waals surface area contributed by atoms with Crippen LogP contribution in [0.4, 0.5) is 11.4 Å². The molecular weight excluding hydrogens is 344 g/mol. The Hall–Kier alpha value is -1.86. The monoisotopic (exact) mass is 364 g/mol. The zero-order valence-corrected chi connectivity index (χ0v) is 15.1. The third-order valence-electron chi connectivity index (χ3n) is 3.92. The Kier molecular flexibility index (Phi) is 4.91. The third kappa shape index (κ3) is 3.62. The first-order valence-electron chi connectivity index (χ1n) is 7.99. The van der Waals surface area contributed by atoms with Crippen LogP contribution in [0.2, 0.25) is 0 Å². The van der Waals surface area contributed by atoms with E-state index in [1.807, 2.05) is 36.6 Å². The number of hydrogen-bond acceptors (Lipinski definition) is 4. The number of anilines is 2. The van der Waals surface area contributed by atoms with E-state index in [1.54, 1.807) is 11.0 Å². The minimum atomic E-state index is -3.31. The molecule has 0 bridgehead atoms. The maximum absolute atomic E-state index is 12.6. The number of carbonyl (C=O) groups excluding carboxylic acids is 1. The van der Waals surface area contributed by atoms with Crippen molar-refractivity contribution in [1.82, 2.24) is 0 Å². The molecule has 1 aromatic carbocycles. The van der Waals surface area contributed by atoms with Gasteiger partial charge in [0.15, 0.2) is 0 Å². The zero-order chi connectivity index (χ0) is 17.2. The Morgan fingerprint density at radius 2 is 2.17 bits per heavy atom. The van der Waals surface area contributed by atoms with Gasteiger partial charge in [0.05, 0.1) is 10.6 Å². The fourth-order valence-electron chi connectivity index (χ4n) is 2.90. The fraction of sp³-hybridized carbons (Fsp3) is 0.353. The van der Waals surface area contributed by atoms with Crippen LogP contribution in [-0.2, 0) is 16.4 Å². The molecule has 1 amide bonds. The molecule has 0 fully saturated rings. The molecule has 1 aliphatic rings. The van der Waals surface area contributed by atoms with Crippen LogP contribution in [0.25, 0.3) is 0 Å². The molecule has 7 heteroatoms. The number of nitrogens with zero attached hydrogens (tertiary/aromatic N) is 1. The quantitative estimate of drug-likeness (QED) is 0.883. The van der Waals surface area contributed by atoms with Gasteiger partial charge in [0.2, 0.25) is 10.0 Å². The van der Waals surface area contributed by atoms with Gasteiger partial charge in [-0.05, 0) is 54.5 Å². The second-order valence-electron chi connectivity index (χ2n) is 5.80. The van der Waals surface area contributed by atoms with E-state index in [0.717, 1.165) is 29.0 Å². The highest BCUT2D eigenvalue weighted by Gasteiger charge is 2.24. The predicted octanol–water partition coefficient (Wildman–Crippen LogP) is 3.49. The summed E-state index contributed by atoms with van der Waals surface area (Å²) >= 11 is 1.43. The molecule has 1 aliphatic heterocycles. The molecule has 0 saturated carbocycles. The fourth-order valence-corrected chi connectivity index (χ4v) is 4.70. The molecule has 128 valence electrons. The SMILES string of the molecule is CCCS(=O)(=O)Nc1ccc2c(c1)CCCN2C(=O)c1cccs1. The predicted molar refractivity (Wildman–Crippen MR) is 98.5 cm³/mol. The van der Waals surface area contributed by atoms with Crippen LogP contribution in [0.3, 0.4) is 0 Å².